The topological polar surface area (TPSA) is 88.5 Å². The van der Waals surface area contributed by atoms with Gasteiger partial charge in [0, 0.05) is 18.8 Å². The molecule has 1 N–H and O–H groups in total. The highest BCUT2D eigenvalue weighted by molar-refractivity contribution is 6.34. The Bertz CT molecular complexity index is 1430. The minimum absolute atomic E-state index is 0.00685. The van der Waals surface area contributed by atoms with Crippen molar-refractivity contribution in [2.24, 2.45) is 7.05 Å². The maximum atomic E-state index is 13.9. The molecule has 0 unspecified atom stereocenters. The van der Waals surface area contributed by atoms with Gasteiger partial charge in [0.15, 0.2) is 11.5 Å². The van der Waals surface area contributed by atoms with Crippen molar-refractivity contribution in [3.8, 4) is 23.0 Å². The number of hydrogen-bond donors (Lipinski definition) is 1. The van der Waals surface area contributed by atoms with Crippen LogP contribution in [0.15, 0.2) is 30.6 Å². The van der Waals surface area contributed by atoms with Gasteiger partial charge in [0.2, 0.25) is 0 Å². The number of aromatic nitrogens is 4. The molecule has 0 bridgehead atoms. The highest BCUT2D eigenvalue weighted by Gasteiger charge is 2.64. The number of nitriles is 1. The third-order valence-corrected chi connectivity index (χ3v) is 5.94. The van der Waals surface area contributed by atoms with Crippen LogP contribution < -0.4 is 5.32 Å². The van der Waals surface area contributed by atoms with Crippen LogP contribution >= 0.6 is 11.6 Å². The molecule has 4 rings (SSSR count). The van der Waals surface area contributed by atoms with E-state index in [0.29, 0.717) is 17.5 Å². The van der Waals surface area contributed by atoms with Gasteiger partial charge in [0.1, 0.15) is 11.1 Å². The van der Waals surface area contributed by atoms with Crippen LogP contribution in [-0.4, -0.2) is 37.2 Å². The molecule has 1 aliphatic carbocycles. The lowest BCUT2D eigenvalue weighted by Gasteiger charge is -2.19. The summed E-state index contributed by atoms with van der Waals surface area (Å²) in [5.41, 5.74) is -5.61. The van der Waals surface area contributed by atoms with Crippen molar-refractivity contribution in [2.45, 2.75) is 36.7 Å². The van der Waals surface area contributed by atoms with Crippen LogP contribution in [0, 0.1) is 11.3 Å². The number of halogens is 9. The first-order valence-corrected chi connectivity index (χ1v) is 10.6. The van der Waals surface area contributed by atoms with Gasteiger partial charge in [-0.15, -0.1) is 0 Å². The zero-order valence-corrected chi connectivity index (χ0v) is 19.1. The Morgan fingerprint density at radius 2 is 1.78 bits per heavy atom. The fourth-order valence-corrected chi connectivity index (χ4v) is 3.74. The Balaban J connectivity index is 1.77. The average molecular weight is 553 g/mol. The lowest BCUT2D eigenvalue weighted by molar-refractivity contribution is -0.292. The van der Waals surface area contributed by atoms with Crippen molar-refractivity contribution in [1.29, 1.82) is 5.26 Å². The maximum Gasteiger partial charge on any atom is 0.459 e. The third-order valence-electron chi connectivity index (χ3n) is 5.61. The number of carbonyl (C=O) groups is 1. The number of amides is 1. The van der Waals surface area contributed by atoms with Gasteiger partial charge in [-0.3, -0.25) is 4.79 Å². The highest BCUT2D eigenvalue weighted by atomic mass is 35.5. The van der Waals surface area contributed by atoms with E-state index in [1.165, 1.54) is 18.2 Å². The first-order chi connectivity index (χ1) is 17.0. The molecule has 0 aliphatic heterocycles. The molecular formula is C21H13ClF8N6O. The number of carbonyl (C=O) groups excluding carboxylic acids is 1. The molecule has 0 radical (unpaired) electrons. The van der Waals surface area contributed by atoms with Crippen LogP contribution in [0.2, 0.25) is 5.02 Å². The first-order valence-electron chi connectivity index (χ1n) is 10.2. The summed E-state index contributed by atoms with van der Waals surface area (Å²) in [5, 5.41) is 18.2. The third kappa shape index (κ3) is 4.61. The van der Waals surface area contributed by atoms with Crippen molar-refractivity contribution in [3.05, 3.63) is 52.4 Å². The first kappa shape index (κ1) is 26.4. The van der Waals surface area contributed by atoms with E-state index in [1.807, 2.05) is 6.07 Å². The summed E-state index contributed by atoms with van der Waals surface area (Å²) in [5.74, 6) is -7.76. The van der Waals surface area contributed by atoms with Gasteiger partial charge in [-0.2, -0.15) is 50.6 Å². The minimum Gasteiger partial charge on any atom is -0.334 e. The summed E-state index contributed by atoms with van der Waals surface area (Å²) in [6.07, 6.45) is -9.15. The van der Waals surface area contributed by atoms with E-state index in [2.05, 4.69) is 15.5 Å². The second-order valence-corrected chi connectivity index (χ2v) is 8.66. The van der Waals surface area contributed by atoms with Gasteiger partial charge in [-0.05, 0) is 30.5 Å². The van der Waals surface area contributed by atoms with Crippen molar-refractivity contribution in [1.82, 2.24) is 24.9 Å². The van der Waals surface area contributed by atoms with E-state index in [1.54, 1.807) is 0 Å². The molecule has 0 atom stereocenters. The Morgan fingerprint density at radius 3 is 2.32 bits per heavy atom. The van der Waals surface area contributed by atoms with Gasteiger partial charge in [0.05, 0.1) is 22.9 Å². The number of alkyl halides is 8. The van der Waals surface area contributed by atoms with Crippen molar-refractivity contribution >= 4 is 17.5 Å². The molecule has 2 heterocycles. The van der Waals surface area contributed by atoms with E-state index in [4.69, 9.17) is 16.9 Å². The van der Waals surface area contributed by atoms with Crippen LogP contribution in [0.4, 0.5) is 35.1 Å². The number of hydrogen-bond acceptors (Lipinski definition) is 4. The lowest BCUT2D eigenvalue weighted by Crippen LogP contribution is -2.36. The molecule has 37 heavy (non-hydrogen) atoms. The largest absolute Gasteiger partial charge is 0.459 e. The Labute approximate surface area is 207 Å². The molecule has 1 fully saturated rings. The highest BCUT2D eigenvalue weighted by Crippen LogP contribution is 2.49. The summed E-state index contributed by atoms with van der Waals surface area (Å²) in [7, 11) is 0.759. The predicted octanol–water partition coefficient (Wildman–Crippen LogP) is 5.39. The fourth-order valence-electron chi connectivity index (χ4n) is 3.53. The summed E-state index contributed by atoms with van der Waals surface area (Å²) in [6, 6.07) is 5.93. The van der Waals surface area contributed by atoms with E-state index in [0.717, 1.165) is 19.4 Å². The van der Waals surface area contributed by atoms with Crippen LogP contribution in [0.25, 0.3) is 16.9 Å². The summed E-state index contributed by atoms with van der Waals surface area (Å²) in [6.45, 7) is 0. The van der Waals surface area contributed by atoms with Crippen LogP contribution in [0.5, 0.6) is 0 Å². The van der Waals surface area contributed by atoms with Crippen molar-refractivity contribution in [2.75, 3.05) is 0 Å². The minimum atomic E-state index is -6.33. The quantitative estimate of drug-likeness (QED) is 0.430. The molecule has 0 spiro atoms. The number of rotatable bonds is 5. The van der Waals surface area contributed by atoms with Crippen LogP contribution in [0.3, 0.4) is 0 Å². The number of benzene rings is 1. The van der Waals surface area contributed by atoms with E-state index < -0.39 is 46.8 Å². The number of nitrogens with one attached hydrogen (secondary N) is 1. The van der Waals surface area contributed by atoms with E-state index >= 15 is 0 Å². The Morgan fingerprint density at radius 1 is 1.14 bits per heavy atom. The standard InChI is InChI=1S/C21H13ClF8N6O/c1-35-17(14(20(25,26)27)15(34-35)19(23,24)21(28,29)30)36-8-11(7-32-36)10-2-3-13(22)12(6-10)16(37)33-18(9-31)4-5-18/h2-3,6-8H,4-5H2,1H3,(H,33,37). The summed E-state index contributed by atoms with van der Waals surface area (Å²) >= 11 is 6.08. The molecule has 0 saturated heterocycles. The summed E-state index contributed by atoms with van der Waals surface area (Å²) < 4.78 is 108. The van der Waals surface area contributed by atoms with Gasteiger partial charge >= 0.3 is 18.3 Å². The van der Waals surface area contributed by atoms with Crippen molar-refractivity contribution in [3.63, 3.8) is 0 Å². The van der Waals surface area contributed by atoms with Gasteiger partial charge < -0.3 is 5.32 Å². The van der Waals surface area contributed by atoms with Gasteiger partial charge in [-0.1, -0.05) is 17.7 Å². The second-order valence-electron chi connectivity index (χ2n) is 8.26. The van der Waals surface area contributed by atoms with Crippen molar-refractivity contribution < 1.29 is 39.9 Å². The fraction of sp³-hybridized carbons (Fsp3) is 0.333. The predicted molar refractivity (Wildman–Crippen MR) is 111 cm³/mol. The average Bonchev–Trinajstić information content (AvgIpc) is 3.21. The van der Waals surface area contributed by atoms with E-state index in [-0.39, 0.29) is 26.4 Å². The van der Waals surface area contributed by atoms with Crippen LogP contribution in [0.1, 0.15) is 34.5 Å². The Hall–Kier alpha value is -3.67. The molecule has 1 amide bonds. The summed E-state index contributed by atoms with van der Waals surface area (Å²) in [4.78, 5) is 12.6. The molecule has 1 saturated carbocycles. The normalized spacial score (nSPS) is 15.4. The smallest absolute Gasteiger partial charge is 0.334 e. The molecule has 2 aromatic heterocycles. The number of nitrogens with zero attached hydrogens (tertiary/aromatic N) is 5. The molecular weight excluding hydrogens is 540 g/mol. The molecule has 3 aromatic rings. The lowest BCUT2D eigenvalue weighted by atomic mass is 10.1. The molecule has 1 aromatic carbocycles. The van der Waals surface area contributed by atoms with Gasteiger partial charge in [0.25, 0.3) is 5.91 Å². The van der Waals surface area contributed by atoms with Crippen LogP contribution in [-0.2, 0) is 19.1 Å². The second kappa shape index (κ2) is 8.44. The van der Waals surface area contributed by atoms with E-state index in [9.17, 15) is 39.9 Å². The zero-order chi connectivity index (χ0) is 27.6. The molecule has 196 valence electrons. The zero-order valence-electron chi connectivity index (χ0n) is 18.3. The molecule has 7 nitrogen and oxygen atoms in total. The Kier molecular flexibility index (Phi) is 6.02. The van der Waals surface area contributed by atoms with Gasteiger partial charge in [-0.25, -0.2) is 9.36 Å². The monoisotopic (exact) mass is 552 g/mol. The number of aryl methyl sites for hydroxylation is 1. The SMILES string of the molecule is Cn1nc(C(F)(F)C(F)(F)F)c(C(F)(F)F)c1-n1cc(-c2ccc(Cl)c(C(=O)NC3(C#N)CC3)c2)cn1. The maximum absolute atomic E-state index is 13.9. The molecule has 16 heteroatoms. The molecule has 1 aliphatic rings.